The van der Waals surface area contributed by atoms with Crippen molar-refractivity contribution in [3.63, 3.8) is 0 Å². The Balaban J connectivity index is 2.67. The molecule has 1 aromatic rings. The molecule has 0 unspecified atom stereocenters. The van der Waals surface area contributed by atoms with Gasteiger partial charge in [0.25, 0.3) is 0 Å². The van der Waals surface area contributed by atoms with Crippen LogP contribution in [0.1, 0.15) is 275 Å². The van der Waals surface area contributed by atoms with Crippen molar-refractivity contribution in [3.05, 3.63) is 34.9 Å². The molecule has 0 saturated carbocycles. The highest BCUT2D eigenvalue weighted by molar-refractivity contribution is 5.29. The number of nitrogens with zero attached hydrogens (tertiary/aromatic N) is 3. The Morgan fingerprint density at radius 2 is 0.377 bits per heavy atom. The summed E-state index contributed by atoms with van der Waals surface area (Å²) in [6.07, 6.45) is 52.9. The Hall–Kier alpha value is -0.900. The normalized spacial score (nSPS) is 12.5. The third-order valence-electron chi connectivity index (χ3n) is 14.0. The van der Waals surface area contributed by atoms with E-state index >= 15 is 0 Å². The van der Waals surface area contributed by atoms with Crippen molar-refractivity contribution in [1.29, 1.82) is 0 Å². The van der Waals surface area contributed by atoms with E-state index in [-0.39, 0.29) is 0 Å². The van der Waals surface area contributed by atoms with Crippen LogP contribution in [0.3, 0.4) is 0 Å². The molecule has 0 heterocycles. The minimum atomic E-state index is 1.11. The molecule has 360 valence electrons. The lowest BCUT2D eigenvalue weighted by Gasteiger charge is -2.33. The van der Waals surface area contributed by atoms with Gasteiger partial charge in [-0.3, -0.25) is 0 Å². The molecule has 0 N–H and O–H groups in total. The summed E-state index contributed by atoms with van der Waals surface area (Å²) >= 11 is 0. The SMILES string of the molecule is CCCCCCCCCCCCCCC[N+](C)(C)Cc1cc(C[N+](C)(C)CCCCCCCCCCCCCC)cc(C[N+](C)(C)CCCCCCCCCCCCCC)c1. The van der Waals surface area contributed by atoms with Crippen molar-refractivity contribution >= 4 is 0 Å². The molecule has 0 aliphatic carbocycles. The Morgan fingerprint density at radius 1 is 0.230 bits per heavy atom. The molecule has 0 aliphatic heterocycles. The van der Waals surface area contributed by atoms with Gasteiger partial charge in [-0.25, -0.2) is 0 Å². The molecule has 1 aromatic carbocycles. The number of hydrogen-bond acceptors (Lipinski definition) is 0. The summed E-state index contributed by atoms with van der Waals surface area (Å²) in [4.78, 5) is 0. The van der Waals surface area contributed by atoms with Crippen molar-refractivity contribution in [3.8, 4) is 0 Å². The molecular weight excluding hydrogens is 739 g/mol. The largest absolute Gasteiger partial charge is 0.325 e. The zero-order valence-corrected chi connectivity index (χ0v) is 44.0. The summed E-state index contributed by atoms with van der Waals surface area (Å²) in [5, 5.41) is 0. The molecule has 0 amide bonds. The van der Waals surface area contributed by atoms with Crippen LogP contribution in [-0.2, 0) is 19.6 Å². The number of quaternary nitrogens is 3. The van der Waals surface area contributed by atoms with Gasteiger partial charge in [0.2, 0.25) is 0 Å². The first kappa shape index (κ1) is 58.1. The van der Waals surface area contributed by atoms with Crippen molar-refractivity contribution in [1.82, 2.24) is 0 Å². The quantitative estimate of drug-likeness (QED) is 0.0453. The van der Waals surface area contributed by atoms with Gasteiger partial charge in [0.15, 0.2) is 0 Å². The van der Waals surface area contributed by atoms with Gasteiger partial charge in [0, 0.05) is 16.7 Å². The second-order valence-corrected chi connectivity index (χ2v) is 22.6. The lowest BCUT2D eigenvalue weighted by Crippen LogP contribution is -2.41. The van der Waals surface area contributed by atoms with Gasteiger partial charge in [-0.2, -0.15) is 0 Å². The highest BCUT2D eigenvalue weighted by Crippen LogP contribution is 2.23. The monoisotopic (exact) mass is 855 g/mol. The predicted molar refractivity (Wildman–Crippen MR) is 276 cm³/mol. The maximum atomic E-state index is 2.61. The van der Waals surface area contributed by atoms with Crippen LogP contribution in [-0.4, -0.2) is 75.4 Å². The summed E-state index contributed by atoms with van der Waals surface area (Å²) in [6, 6.07) is 7.84. The van der Waals surface area contributed by atoms with E-state index in [4.69, 9.17) is 0 Å². The van der Waals surface area contributed by atoms with Gasteiger partial charge in [-0.15, -0.1) is 0 Å². The molecule has 0 spiro atoms. The average molecular weight is 856 g/mol. The number of rotatable bonds is 46. The zero-order valence-electron chi connectivity index (χ0n) is 44.0. The summed E-state index contributed by atoms with van der Waals surface area (Å²) in [5.41, 5.74) is 4.72. The first-order chi connectivity index (χ1) is 29.4. The fraction of sp³-hybridized carbons (Fsp3) is 0.897. The third kappa shape index (κ3) is 37.1. The molecule has 61 heavy (non-hydrogen) atoms. The predicted octanol–water partition coefficient (Wildman–Crippen LogP) is 17.9. The van der Waals surface area contributed by atoms with E-state index < -0.39 is 0 Å². The third-order valence-corrected chi connectivity index (χ3v) is 14.0. The van der Waals surface area contributed by atoms with Crippen LogP contribution in [0.15, 0.2) is 18.2 Å². The van der Waals surface area contributed by atoms with E-state index in [1.54, 1.807) is 16.7 Å². The Kier molecular flexibility index (Phi) is 36.6. The fourth-order valence-electron chi connectivity index (χ4n) is 10.2. The lowest BCUT2D eigenvalue weighted by atomic mass is 10.0. The topological polar surface area (TPSA) is 0 Å². The van der Waals surface area contributed by atoms with Gasteiger partial charge in [0.1, 0.15) is 19.6 Å². The molecule has 3 nitrogen and oxygen atoms in total. The van der Waals surface area contributed by atoms with E-state index in [0.717, 1.165) is 33.1 Å². The summed E-state index contributed by atoms with van der Waals surface area (Å²) in [6.45, 7) is 14.3. The van der Waals surface area contributed by atoms with Gasteiger partial charge in [-0.1, -0.05) is 220 Å². The molecule has 0 aliphatic rings. The Labute approximate surface area is 386 Å². The second kappa shape index (κ2) is 38.4. The molecule has 0 fully saturated rings. The van der Waals surface area contributed by atoms with Crippen molar-refractivity contribution in [2.75, 3.05) is 61.9 Å². The fourth-order valence-corrected chi connectivity index (χ4v) is 10.2. The maximum Gasteiger partial charge on any atom is 0.104 e. The summed E-state index contributed by atoms with van der Waals surface area (Å²) < 4.78 is 3.32. The van der Waals surface area contributed by atoms with E-state index in [0.29, 0.717) is 0 Å². The second-order valence-electron chi connectivity index (χ2n) is 22.6. The number of benzene rings is 1. The zero-order chi connectivity index (χ0) is 44.8. The highest BCUT2D eigenvalue weighted by Gasteiger charge is 2.22. The van der Waals surface area contributed by atoms with Gasteiger partial charge < -0.3 is 13.4 Å². The van der Waals surface area contributed by atoms with Gasteiger partial charge in [-0.05, 0) is 56.7 Å². The lowest BCUT2D eigenvalue weighted by molar-refractivity contribution is -0.905. The molecule has 1 rings (SSSR count). The molecule has 0 radical (unpaired) electrons. The Morgan fingerprint density at radius 3 is 0.541 bits per heavy atom. The maximum absolute atomic E-state index is 2.61. The van der Waals surface area contributed by atoms with Crippen LogP contribution < -0.4 is 0 Å². The summed E-state index contributed by atoms with van der Waals surface area (Å²) in [7, 11) is 15.0. The van der Waals surface area contributed by atoms with E-state index in [1.165, 1.54) is 257 Å². The highest BCUT2D eigenvalue weighted by atomic mass is 15.3. The van der Waals surface area contributed by atoms with Gasteiger partial charge >= 0.3 is 0 Å². The molecule has 3 heteroatoms. The average Bonchev–Trinajstić information content (AvgIpc) is 3.19. The van der Waals surface area contributed by atoms with Gasteiger partial charge in [0.05, 0.1) is 61.9 Å². The van der Waals surface area contributed by atoms with Crippen LogP contribution in [0.25, 0.3) is 0 Å². The number of unbranched alkanes of at least 4 members (excludes halogenated alkanes) is 34. The molecule has 0 atom stereocenters. The standard InChI is InChI=1S/C58H116N3/c1-10-13-16-19-22-25-28-31-34-37-40-43-46-49-61(8,9)55-58-51-56(53-59(4,5)47-44-41-38-35-32-29-26-23-20-17-14-11-2)50-57(52-58)54-60(6,7)48-45-42-39-36-33-30-27-24-21-18-15-12-3/h50-52H,10-49,53-55H2,1-9H3/q+3. The van der Waals surface area contributed by atoms with Crippen molar-refractivity contribution in [2.24, 2.45) is 0 Å². The molecule has 0 saturated heterocycles. The van der Waals surface area contributed by atoms with Crippen molar-refractivity contribution < 1.29 is 13.4 Å². The van der Waals surface area contributed by atoms with Crippen LogP contribution >= 0.6 is 0 Å². The van der Waals surface area contributed by atoms with Crippen LogP contribution in [0, 0.1) is 0 Å². The van der Waals surface area contributed by atoms with E-state index in [9.17, 15) is 0 Å². The molecule has 0 bridgehead atoms. The molecule has 0 aromatic heterocycles. The van der Waals surface area contributed by atoms with E-state index in [1.807, 2.05) is 0 Å². The number of hydrogen-bond donors (Lipinski definition) is 0. The van der Waals surface area contributed by atoms with E-state index in [2.05, 4.69) is 81.3 Å². The van der Waals surface area contributed by atoms with Crippen LogP contribution in [0.2, 0.25) is 0 Å². The van der Waals surface area contributed by atoms with Crippen LogP contribution in [0.5, 0.6) is 0 Å². The Bertz CT molecular complexity index is 1030. The first-order valence-corrected chi connectivity index (χ1v) is 28.0. The molecular formula is C58H116N3+3. The summed E-state index contributed by atoms with van der Waals surface area (Å²) in [5.74, 6) is 0. The minimum absolute atomic E-state index is 1.11. The first-order valence-electron chi connectivity index (χ1n) is 28.0. The minimum Gasteiger partial charge on any atom is -0.325 e. The smallest absolute Gasteiger partial charge is 0.104 e. The van der Waals surface area contributed by atoms with Crippen LogP contribution in [0.4, 0.5) is 0 Å². The van der Waals surface area contributed by atoms with Crippen molar-refractivity contribution in [2.45, 2.75) is 278 Å².